The van der Waals surface area contributed by atoms with E-state index in [1.54, 1.807) is 0 Å². The van der Waals surface area contributed by atoms with Gasteiger partial charge in [-0.3, -0.25) is 19.2 Å². The van der Waals surface area contributed by atoms with Gasteiger partial charge in [0, 0.05) is 0 Å². The van der Waals surface area contributed by atoms with Gasteiger partial charge in [0.15, 0.2) is 11.2 Å². The molecule has 0 amide bonds. The molecule has 0 aromatic rings. The van der Waals surface area contributed by atoms with Crippen LogP contribution in [0, 0.1) is 0 Å². The molecule has 23 nitrogen and oxygen atoms in total. The number of hydrogen-bond acceptors (Lipinski definition) is 19. The fourth-order valence-electron chi connectivity index (χ4n) is 2.22. The van der Waals surface area contributed by atoms with E-state index in [0.29, 0.717) is 0 Å². The summed E-state index contributed by atoms with van der Waals surface area (Å²) < 4.78 is 23.8. The van der Waals surface area contributed by atoms with Crippen molar-refractivity contribution < 1.29 is 112 Å². The average molecular weight is 634 g/mol. The molecule has 0 heterocycles. The van der Waals surface area contributed by atoms with Gasteiger partial charge in [-0.15, -0.1) is 0 Å². The number of aliphatic hydroxyl groups is 2. The minimum absolute atomic E-state index is 0. The van der Waals surface area contributed by atoms with Crippen LogP contribution in [0.2, 0.25) is 0 Å². The third-order valence-corrected chi connectivity index (χ3v) is 3.88. The second-order valence-corrected chi connectivity index (χ2v) is 7.13. The summed E-state index contributed by atoms with van der Waals surface area (Å²) in [5.74, 6) is -11.5. The standard InChI is InChI=1S/C13H18B4O23.2Na.2H/c18-5(19)1-12(29,9(24)25)3-7(22)35-14(31)39-16(33)37-11(28)38-17(34)40-15(32)36-8(23)4-13(30,10(26)27)2-6(20)21;;;;/h29-34H,1-4H2,(H,18,19)(H,20,21)(H,24,25)(H,26,27);;;;. The molecule has 2 atom stereocenters. The predicted octanol–water partition coefficient (Wildman–Crippen LogP) is -7.77. The zero-order valence-electron chi connectivity index (χ0n) is 19.4. The summed E-state index contributed by atoms with van der Waals surface area (Å²) in [6, 6.07) is 0. The molecule has 0 radical (unpaired) electrons. The van der Waals surface area contributed by atoms with Crippen LogP contribution >= 0.6 is 0 Å². The van der Waals surface area contributed by atoms with Gasteiger partial charge in [0.25, 0.3) is 11.9 Å². The van der Waals surface area contributed by atoms with E-state index >= 15 is 0 Å². The molecule has 0 aromatic carbocycles. The van der Waals surface area contributed by atoms with Crippen LogP contribution in [0.5, 0.6) is 0 Å². The fourth-order valence-corrected chi connectivity index (χ4v) is 2.22. The zero-order chi connectivity index (χ0) is 31.4. The Bertz CT molecular complexity index is 912. The zero-order valence-corrected chi connectivity index (χ0v) is 19.4. The van der Waals surface area contributed by atoms with Gasteiger partial charge in [0.2, 0.25) is 0 Å². The first-order chi connectivity index (χ1) is 18.2. The van der Waals surface area contributed by atoms with Crippen molar-refractivity contribution in [3.05, 3.63) is 0 Å². The number of carboxylic acids is 4. The SMILES string of the molecule is O=C(O)CC(O)(CC(=O)OB(O)OB(O)OC(=O)OB(O)OB(O)OC(=O)CC(O)(CC(=O)O)C(=O)O)C(=O)O.[NaH].[NaH]. The van der Waals surface area contributed by atoms with Crippen molar-refractivity contribution >= 4 is 130 Å². The summed E-state index contributed by atoms with van der Waals surface area (Å²) in [5, 5.41) is 91.4. The maximum absolute atomic E-state index is 11.6. The van der Waals surface area contributed by atoms with E-state index in [1.165, 1.54) is 0 Å². The van der Waals surface area contributed by atoms with Crippen LogP contribution in [0.15, 0.2) is 0 Å². The van der Waals surface area contributed by atoms with Crippen molar-refractivity contribution in [2.45, 2.75) is 36.9 Å². The molecule has 0 saturated carbocycles. The molecule has 0 aromatic heterocycles. The topological polar surface area (TPSA) is 377 Å². The van der Waals surface area contributed by atoms with Gasteiger partial charge in [0.1, 0.15) is 0 Å². The van der Waals surface area contributed by atoms with E-state index in [1.807, 2.05) is 0 Å². The second kappa shape index (κ2) is 20.1. The first-order valence-corrected chi connectivity index (χ1v) is 9.83. The summed E-state index contributed by atoms with van der Waals surface area (Å²) in [5.41, 5.74) is -6.32. The third kappa shape index (κ3) is 17.9. The molecule has 0 aliphatic rings. The van der Waals surface area contributed by atoms with Crippen molar-refractivity contribution in [1.82, 2.24) is 0 Å². The van der Waals surface area contributed by atoms with E-state index in [-0.39, 0.29) is 59.1 Å². The van der Waals surface area contributed by atoms with Crippen molar-refractivity contribution in [2.75, 3.05) is 0 Å². The molecule has 2 unspecified atom stereocenters. The summed E-state index contributed by atoms with van der Waals surface area (Å²) >= 11 is 0. The predicted molar refractivity (Wildman–Crippen MR) is 127 cm³/mol. The Morgan fingerprint density at radius 2 is 0.762 bits per heavy atom. The van der Waals surface area contributed by atoms with E-state index in [9.17, 15) is 63.9 Å². The minimum atomic E-state index is -3.16. The maximum atomic E-state index is 11.6. The van der Waals surface area contributed by atoms with Crippen molar-refractivity contribution in [1.29, 1.82) is 0 Å². The van der Waals surface area contributed by atoms with Crippen LogP contribution in [0.3, 0.4) is 0 Å². The molecule has 0 saturated heterocycles. The van der Waals surface area contributed by atoms with E-state index < -0.39 is 108 Å². The Morgan fingerprint density at radius 1 is 0.500 bits per heavy atom. The van der Waals surface area contributed by atoms with Crippen molar-refractivity contribution in [2.24, 2.45) is 0 Å². The summed E-state index contributed by atoms with van der Waals surface area (Å²) in [7, 11) is -11.4. The number of hydrogen-bond donors (Lipinski definition) is 10. The van der Waals surface area contributed by atoms with Crippen LogP contribution in [-0.2, 0) is 56.5 Å². The van der Waals surface area contributed by atoms with E-state index in [4.69, 9.17) is 20.4 Å². The molecule has 0 aliphatic carbocycles. The monoisotopic (exact) mass is 634 g/mol. The van der Waals surface area contributed by atoms with E-state index in [2.05, 4.69) is 27.8 Å². The van der Waals surface area contributed by atoms with Crippen LogP contribution in [0.25, 0.3) is 0 Å². The molecule has 29 heteroatoms. The van der Waals surface area contributed by atoms with Crippen LogP contribution in [0.1, 0.15) is 25.7 Å². The Balaban J connectivity index is -0.00000760. The molecule has 224 valence electrons. The first-order valence-electron chi connectivity index (χ1n) is 9.83. The molecule has 0 fully saturated rings. The van der Waals surface area contributed by atoms with Gasteiger partial charge >= 0.3 is 118 Å². The number of rotatable bonds is 18. The number of carbonyl (C=O) groups is 7. The second-order valence-electron chi connectivity index (χ2n) is 7.13. The molecule has 42 heavy (non-hydrogen) atoms. The molecule has 0 spiro atoms. The molecular weight excluding hydrogens is 613 g/mol. The normalized spacial score (nSPS) is 12.7. The molecule has 0 aliphatic heterocycles. The van der Waals surface area contributed by atoms with Gasteiger partial charge in [-0.1, -0.05) is 0 Å². The van der Waals surface area contributed by atoms with Crippen molar-refractivity contribution in [3.63, 3.8) is 0 Å². The Kier molecular flexibility index (Phi) is 21.3. The van der Waals surface area contributed by atoms with Crippen molar-refractivity contribution in [3.8, 4) is 0 Å². The number of aliphatic carboxylic acids is 4. The first kappa shape index (κ1) is 44.5. The molecule has 10 N–H and O–H groups in total. The Morgan fingerprint density at radius 3 is 1.00 bits per heavy atom. The Hall–Kier alpha value is -1.97. The fraction of sp³-hybridized carbons (Fsp3) is 0.462. The van der Waals surface area contributed by atoms with Crippen LogP contribution in [-0.4, -0.2) is 192 Å². The number of carboxylic acid groups (broad SMARTS) is 4. The van der Waals surface area contributed by atoms with Crippen LogP contribution in [0.4, 0.5) is 4.79 Å². The van der Waals surface area contributed by atoms with Gasteiger partial charge in [0.05, 0.1) is 25.7 Å². The van der Waals surface area contributed by atoms with Crippen LogP contribution < -0.4 is 0 Å². The van der Waals surface area contributed by atoms with E-state index in [0.717, 1.165) is 0 Å². The van der Waals surface area contributed by atoms with Gasteiger partial charge in [-0.2, -0.15) is 0 Å². The van der Waals surface area contributed by atoms with Gasteiger partial charge < -0.3 is 78.5 Å². The molecular formula is C13H20B4Na2O23. The average Bonchev–Trinajstić information content (AvgIpc) is 2.70. The third-order valence-electron chi connectivity index (χ3n) is 3.88. The Labute approximate surface area is 277 Å². The number of carbonyl (C=O) groups excluding carboxylic acids is 3. The molecule has 0 bridgehead atoms. The summed E-state index contributed by atoms with van der Waals surface area (Å²) in [6.45, 7) is 0. The summed E-state index contributed by atoms with van der Waals surface area (Å²) in [6.07, 6.45) is -8.10. The molecule has 0 rings (SSSR count). The summed E-state index contributed by atoms with van der Waals surface area (Å²) in [4.78, 5) is 77.6. The van der Waals surface area contributed by atoms with Gasteiger partial charge in [-0.25, -0.2) is 14.4 Å². The quantitative estimate of drug-likeness (QED) is 0.0626. The van der Waals surface area contributed by atoms with Gasteiger partial charge in [-0.05, 0) is 0 Å².